The number of carbonyl (C=O) groups is 1. The molecule has 12 nitrogen and oxygen atoms in total. The third kappa shape index (κ3) is 30.1. The second kappa shape index (κ2) is 36.2. The van der Waals surface area contributed by atoms with Gasteiger partial charge in [-0.25, -0.2) is 4.18 Å². The Morgan fingerprint density at radius 2 is 1.16 bits per heavy atom. The van der Waals surface area contributed by atoms with Crippen molar-refractivity contribution in [2.45, 2.75) is 211 Å². The van der Waals surface area contributed by atoms with Gasteiger partial charge in [0, 0.05) is 13.0 Å². The van der Waals surface area contributed by atoms with E-state index in [-0.39, 0.29) is 19.6 Å². The largest absolute Gasteiger partial charge is 0.457 e. The number of hydrogen-bond acceptors (Lipinski definition) is 11. The van der Waals surface area contributed by atoms with Gasteiger partial charge in [0.1, 0.15) is 30.5 Å². The van der Waals surface area contributed by atoms with Gasteiger partial charge >= 0.3 is 16.4 Å². The molecule has 1 heterocycles. The number of ether oxygens (including phenoxy) is 4. The van der Waals surface area contributed by atoms with E-state index in [2.05, 4.69) is 54.5 Å². The van der Waals surface area contributed by atoms with Crippen molar-refractivity contribution in [3.63, 3.8) is 0 Å². The molecule has 0 radical (unpaired) electrons. The Morgan fingerprint density at radius 3 is 1.72 bits per heavy atom. The average Bonchev–Trinajstić information content (AvgIpc) is 3.18. The van der Waals surface area contributed by atoms with Crippen molar-refractivity contribution in [1.82, 2.24) is 0 Å². The molecular weight excluding hydrogens is 753 g/mol. The molecule has 1 aliphatic rings. The van der Waals surface area contributed by atoms with Crippen LogP contribution in [0.2, 0.25) is 0 Å². The van der Waals surface area contributed by atoms with Crippen LogP contribution in [0.15, 0.2) is 36.5 Å². The van der Waals surface area contributed by atoms with Gasteiger partial charge in [-0.2, -0.15) is 8.42 Å². The number of rotatable bonds is 38. The van der Waals surface area contributed by atoms with Gasteiger partial charge in [-0.05, 0) is 51.4 Å². The van der Waals surface area contributed by atoms with E-state index in [9.17, 15) is 28.5 Å². The quantitative estimate of drug-likeness (QED) is 0.0201. The smallest absolute Gasteiger partial charge is 0.397 e. The van der Waals surface area contributed by atoms with Crippen LogP contribution in [0.25, 0.3) is 0 Å². The highest BCUT2D eigenvalue weighted by molar-refractivity contribution is 7.80. The fourth-order valence-electron chi connectivity index (χ4n) is 6.62. The Morgan fingerprint density at radius 1 is 0.667 bits per heavy atom. The van der Waals surface area contributed by atoms with Crippen LogP contribution in [-0.2, 0) is 38.3 Å². The molecule has 1 aliphatic heterocycles. The maximum absolute atomic E-state index is 12.8. The van der Waals surface area contributed by atoms with Gasteiger partial charge in [0.2, 0.25) is 0 Å². The summed E-state index contributed by atoms with van der Waals surface area (Å²) in [5, 5.41) is 30.6. The lowest BCUT2D eigenvalue weighted by molar-refractivity contribution is -0.301. The van der Waals surface area contributed by atoms with Crippen LogP contribution in [0, 0.1) is 0 Å². The Balaban J connectivity index is 2.40. The molecule has 0 saturated carbocycles. The summed E-state index contributed by atoms with van der Waals surface area (Å²) in [7, 11) is -5.06. The van der Waals surface area contributed by atoms with Crippen LogP contribution in [0.3, 0.4) is 0 Å². The molecule has 13 heteroatoms. The zero-order chi connectivity index (χ0) is 41.8. The normalized spacial score (nSPS) is 21.0. The molecule has 4 N–H and O–H groups in total. The SMILES string of the molecule is CCCCC/C=C\C/C=C\C/C=C\CCCCCCCCCOCC(COC1OC(CO)C(O)C(OS(=O)(=O)O)C1O)OC(=O)CCCCCCCCCCCC. The molecule has 1 rings (SSSR count). The van der Waals surface area contributed by atoms with Crippen LogP contribution in [0.4, 0.5) is 0 Å². The highest BCUT2D eigenvalue weighted by Crippen LogP contribution is 2.26. The minimum absolute atomic E-state index is 0.0308. The number of allylic oxidation sites excluding steroid dienone is 6. The summed E-state index contributed by atoms with van der Waals surface area (Å²) in [5.74, 6) is -0.406. The van der Waals surface area contributed by atoms with E-state index < -0.39 is 59.8 Å². The fraction of sp³-hybridized carbons (Fsp3) is 0.841. The number of hydrogen-bond donors (Lipinski definition) is 4. The van der Waals surface area contributed by atoms with Crippen LogP contribution in [0.5, 0.6) is 0 Å². The maximum Gasteiger partial charge on any atom is 0.397 e. The molecule has 1 fully saturated rings. The van der Waals surface area contributed by atoms with Gasteiger partial charge in [0.05, 0.1) is 19.8 Å². The lowest BCUT2D eigenvalue weighted by atomic mass is 9.99. The lowest BCUT2D eigenvalue weighted by Gasteiger charge is -2.41. The predicted molar refractivity (Wildman–Crippen MR) is 225 cm³/mol. The molecule has 57 heavy (non-hydrogen) atoms. The van der Waals surface area contributed by atoms with Gasteiger partial charge in [-0.1, -0.05) is 153 Å². The molecular formula is C44H80O12S. The first-order chi connectivity index (χ1) is 27.6. The number of unbranched alkanes of at least 4 members (excludes halogenated alkanes) is 19. The van der Waals surface area contributed by atoms with E-state index in [4.69, 9.17) is 23.5 Å². The van der Waals surface area contributed by atoms with Crippen molar-refractivity contribution >= 4 is 16.4 Å². The van der Waals surface area contributed by atoms with Gasteiger partial charge in [-0.3, -0.25) is 9.35 Å². The summed E-state index contributed by atoms with van der Waals surface area (Å²) in [6, 6.07) is 0. The van der Waals surface area contributed by atoms with Crippen LogP contribution >= 0.6 is 0 Å². The van der Waals surface area contributed by atoms with Crippen molar-refractivity contribution in [2.24, 2.45) is 0 Å². The Kier molecular flexibility index (Phi) is 33.9. The molecule has 0 amide bonds. The molecule has 0 spiro atoms. The molecule has 1 saturated heterocycles. The van der Waals surface area contributed by atoms with Gasteiger partial charge < -0.3 is 34.3 Å². The van der Waals surface area contributed by atoms with Crippen LogP contribution in [-0.4, -0.2) is 97.5 Å². The summed E-state index contributed by atoms with van der Waals surface area (Å²) in [5.41, 5.74) is 0. The topological polar surface area (TPSA) is 178 Å². The van der Waals surface area contributed by atoms with Crippen molar-refractivity contribution < 1.29 is 56.2 Å². The first kappa shape index (κ1) is 53.3. The van der Waals surface area contributed by atoms with E-state index in [1.54, 1.807) is 0 Å². The highest BCUT2D eigenvalue weighted by atomic mass is 32.3. The summed E-state index contributed by atoms with van der Waals surface area (Å²) in [6.07, 6.45) is 31.8. The van der Waals surface area contributed by atoms with E-state index in [0.717, 1.165) is 57.8 Å². The molecule has 0 aliphatic carbocycles. The Bertz CT molecular complexity index is 1140. The third-order valence-corrected chi connectivity index (χ3v) is 10.5. The number of esters is 1. The first-order valence-electron chi connectivity index (χ1n) is 22.2. The standard InChI is InChI=1S/C44H80O12S/c1-3-5-7-9-11-13-15-16-17-18-19-20-21-22-23-24-26-28-30-32-34-52-36-38(54-40(46)33-31-29-27-25-14-12-10-8-6-4-2)37-53-44-42(48)43(56-57(49,50)51)41(47)39(35-45)55-44/h11,13,16-17,19-20,38-39,41-45,47-48H,3-10,12,14-15,18,21-37H2,1-2H3,(H,49,50,51)/b13-11-,17-16-,20-19-. The molecule has 0 aromatic carbocycles. The van der Waals surface area contributed by atoms with E-state index in [1.165, 1.54) is 89.9 Å². The second-order valence-corrected chi connectivity index (χ2v) is 16.3. The lowest BCUT2D eigenvalue weighted by Crippen LogP contribution is -2.60. The number of carbonyl (C=O) groups excluding carboxylic acids is 1. The third-order valence-electron chi connectivity index (χ3n) is 10.0. The summed E-state index contributed by atoms with van der Waals surface area (Å²) in [6.45, 7) is 3.92. The highest BCUT2D eigenvalue weighted by Gasteiger charge is 2.48. The van der Waals surface area contributed by atoms with Crippen molar-refractivity contribution in [3.05, 3.63) is 36.5 Å². The fourth-order valence-corrected chi connectivity index (χ4v) is 7.13. The zero-order valence-electron chi connectivity index (χ0n) is 35.4. The minimum Gasteiger partial charge on any atom is -0.457 e. The van der Waals surface area contributed by atoms with E-state index in [0.29, 0.717) is 13.0 Å². The average molecular weight is 833 g/mol. The Labute approximate surface area is 345 Å². The van der Waals surface area contributed by atoms with Crippen molar-refractivity contribution in [3.8, 4) is 0 Å². The molecule has 0 aromatic heterocycles. The van der Waals surface area contributed by atoms with E-state index >= 15 is 0 Å². The summed E-state index contributed by atoms with van der Waals surface area (Å²) in [4.78, 5) is 12.8. The first-order valence-corrected chi connectivity index (χ1v) is 23.6. The minimum atomic E-state index is -5.06. The Hall–Kier alpha value is -1.68. The van der Waals surface area contributed by atoms with Gasteiger partial charge in [0.15, 0.2) is 6.29 Å². The van der Waals surface area contributed by atoms with E-state index in [1.807, 2.05) is 0 Å². The molecule has 6 atom stereocenters. The molecule has 334 valence electrons. The van der Waals surface area contributed by atoms with Crippen LogP contribution < -0.4 is 0 Å². The second-order valence-electron chi connectivity index (χ2n) is 15.3. The van der Waals surface area contributed by atoms with Gasteiger partial charge in [-0.15, -0.1) is 0 Å². The van der Waals surface area contributed by atoms with Crippen molar-refractivity contribution in [1.29, 1.82) is 0 Å². The molecule has 0 bridgehead atoms. The number of aliphatic hydroxyl groups excluding tert-OH is 3. The summed E-state index contributed by atoms with van der Waals surface area (Å²) < 4.78 is 58.9. The number of aliphatic hydroxyl groups is 3. The predicted octanol–water partition coefficient (Wildman–Crippen LogP) is 9.02. The molecule has 0 aromatic rings. The van der Waals surface area contributed by atoms with Gasteiger partial charge in [0.25, 0.3) is 0 Å². The summed E-state index contributed by atoms with van der Waals surface area (Å²) >= 11 is 0. The zero-order valence-corrected chi connectivity index (χ0v) is 36.2. The maximum atomic E-state index is 12.8. The monoisotopic (exact) mass is 833 g/mol. The van der Waals surface area contributed by atoms with Crippen molar-refractivity contribution in [2.75, 3.05) is 26.4 Å². The molecule has 6 unspecified atom stereocenters. The van der Waals surface area contributed by atoms with Crippen LogP contribution in [0.1, 0.15) is 174 Å².